The average Bonchev–Trinajstić information content (AvgIpc) is 3.51. The third-order valence-electron chi connectivity index (χ3n) is 8.71. The minimum absolute atomic E-state index is 0.350. The molecule has 0 N–H and O–H groups in total. The first-order chi connectivity index (χ1) is 18.5. The Morgan fingerprint density at radius 1 is 0.553 bits per heavy atom. The Hall–Kier alpha value is -2.24. The second-order valence-electron chi connectivity index (χ2n) is 11.6. The van der Waals surface area contributed by atoms with E-state index in [1.54, 1.807) is 11.1 Å². The summed E-state index contributed by atoms with van der Waals surface area (Å²) in [5, 5.41) is 8.08. The molecule has 5 aromatic carbocycles. The minimum atomic E-state index is 0.350. The van der Waals surface area contributed by atoms with E-state index in [0.29, 0.717) is 17.3 Å². The Bertz CT molecular complexity index is 1880. The Morgan fingerprint density at radius 3 is 1.53 bits per heavy atom. The van der Waals surface area contributed by atoms with Gasteiger partial charge in [-0.25, -0.2) is 0 Å². The smallest absolute Gasteiger partial charge is 0.0706 e. The zero-order valence-electron chi connectivity index (χ0n) is 21.1. The van der Waals surface area contributed by atoms with Crippen molar-refractivity contribution < 1.29 is 0 Å². The first-order valence-electron chi connectivity index (χ1n) is 13.2. The van der Waals surface area contributed by atoms with Gasteiger partial charge >= 0.3 is 0 Å². The third-order valence-corrected chi connectivity index (χ3v) is 14.3. The zero-order valence-corrected chi connectivity index (χ0v) is 24.3. The SMILES string of the molecule is CC1(C)CC2C=CC1c1cc3cc4c(cc3cc12)SC(=C1Sc2cc3cc5ccccc5cc3cc2S1)S4. The standard InChI is InChI=1S/C34H24S4/c1-34(2)17-20-7-8-27(34)26-12-24-16-31-30(15-23(24)11-25(20)26)37-33(38-31)32-35-28-13-21-9-18-5-3-4-6-19(18)10-22(21)14-29(28)36-32/h3-16,20,27H,17H2,1-2H3. The molecule has 2 heterocycles. The molecule has 0 amide bonds. The van der Waals surface area contributed by atoms with Crippen molar-refractivity contribution >= 4 is 79.4 Å². The summed E-state index contributed by atoms with van der Waals surface area (Å²) in [5.41, 5.74) is 3.48. The van der Waals surface area contributed by atoms with Gasteiger partial charge in [-0.3, -0.25) is 0 Å². The Morgan fingerprint density at radius 2 is 1.03 bits per heavy atom. The molecule has 0 saturated carbocycles. The molecule has 2 bridgehead atoms. The Labute approximate surface area is 239 Å². The van der Waals surface area contributed by atoms with Crippen molar-refractivity contribution in [3.05, 3.63) is 105 Å². The highest BCUT2D eigenvalue weighted by Crippen LogP contribution is 2.62. The highest BCUT2D eigenvalue weighted by molar-refractivity contribution is 8.30. The quantitative estimate of drug-likeness (QED) is 0.136. The van der Waals surface area contributed by atoms with E-state index in [9.17, 15) is 0 Å². The third kappa shape index (κ3) is 3.30. The summed E-state index contributed by atoms with van der Waals surface area (Å²) < 4.78 is 2.86. The van der Waals surface area contributed by atoms with E-state index in [2.05, 4.69) is 98.8 Å². The molecule has 0 nitrogen and oxygen atoms in total. The number of rotatable bonds is 0. The van der Waals surface area contributed by atoms with E-state index in [-0.39, 0.29) is 0 Å². The van der Waals surface area contributed by atoms with Gasteiger partial charge in [0.25, 0.3) is 0 Å². The molecule has 0 saturated heterocycles. The molecule has 0 radical (unpaired) electrons. The summed E-state index contributed by atoms with van der Waals surface area (Å²) in [4.78, 5) is 5.60. The van der Waals surface area contributed by atoms with Gasteiger partial charge < -0.3 is 0 Å². The van der Waals surface area contributed by atoms with Crippen molar-refractivity contribution in [1.82, 2.24) is 0 Å². The number of hydrogen-bond acceptors (Lipinski definition) is 4. The van der Waals surface area contributed by atoms with Crippen LogP contribution in [0.5, 0.6) is 0 Å². The van der Waals surface area contributed by atoms with Gasteiger partial charge in [0.2, 0.25) is 0 Å². The van der Waals surface area contributed by atoms with Crippen LogP contribution in [0.2, 0.25) is 0 Å². The molecular formula is C34H24S4. The lowest BCUT2D eigenvalue weighted by atomic mass is 9.58. The molecule has 2 aliphatic heterocycles. The van der Waals surface area contributed by atoms with Crippen LogP contribution in [0.25, 0.3) is 32.3 Å². The van der Waals surface area contributed by atoms with Crippen LogP contribution < -0.4 is 0 Å². The van der Waals surface area contributed by atoms with Crippen molar-refractivity contribution in [1.29, 1.82) is 0 Å². The lowest BCUT2D eigenvalue weighted by Crippen LogP contribution is -2.32. The first kappa shape index (κ1) is 22.6. The van der Waals surface area contributed by atoms with Crippen molar-refractivity contribution in [2.75, 3.05) is 0 Å². The molecule has 2 atom stereocenters. The maximum absolute atomic E-state index is 2.51. The molecule has 0 fully saturated rings. The molecular weight excluding hydrogens is 537 g/mol. The fourth-order valence-electron chi connectivity index (χ4n) is 6.82. The van der Waals surface area contributed by atoms with Crippen molar-refractivity contribution in [3.8, 4) is 0 Å². The van der Waals surface area contributed by atoms with Crippen LogP contribution in [-0.4, -0.2) is 0 Å². The number of benzene rings is 5. The van der Waals surface area contributed by atoms with Crippen LogP contribution in [-0.2, 0) is 0 Å². The van der Waals surface area contributed by atoms with E-state index in [1.807, 2.05) is 47.0 Å². The van der Waals surface area contributed by atoms with Gasteiger partial charge in [-0.05, 0) is 91.7 Å². The van der Waals surface area contributed by atoms with Gasteiger partial charge in [0.05, 0.1) is 8.47 Å². The summed E-state index contributed by atoms with van der Waals surface area (Å²) >= 11 is 7.83. The van der Waals surface area contributed by atoms with Crippen LogP contribution in [0.4, 0.5) is 0 Å². The van der Waals surface area contributed by atoms with Crippen molar-refractivity contribution in [2.24, 2.45) is 5.41 Å². The molecule has 38 heavy (non-hydrogen) atoms. The minimum Gasteiger partial charge on any atom is -0.0803 e. The van der Waals surface area contributed by atoms with Gasteiger partial charge in [0, 0.05) is 31.4 Å². The lowest BCUT2D eigenvalue weighted by Gasteiger charge is -2.46. The molecule has 184 valence electrons. The maximum atomic E-state index is 2.51. The van der Waals surface area contributed by atoms with Crippen LogP contribution in [0.15, 0.2) is 113 Å². The van der Waals surface area contributed by atoms with Crippen LogP contribution >= 0.6 is 47.0 Å². The zero-order chi connectivity index (χ0) is 25.2. The normalized spacial score (nSPS) is 22.5. The molecule has 5 aliphatic rings. The molecule has 3 aliphatic carbocycles. The molecule has 0 aromatic heterocycles. The second kappa shape index (κ2) is 7.91. The summed E-state index contributed by atoms with van der Waals surface area (Å²) in [7, 11) is 0. The summed E-state index contributed by atoms with van der Waals surface area (Å²) in [5.74, 6) is 1.11. The van der Waals surface area contributed by atoms with Gasteiger partial charge in [-0.15, -0.1) is 0 Å². The fourth-order valence-corrected chi connectivity index (χ4v) is 12.2. The molecule has 4 heteroatoms. The topological polar surface area (TPSA) is 0 Å². The van der Waals surface area contributed by atoms with Gasteiger partial charge in [-0.1, -0.05) is 109 Å². The number of thioether (sulfide) groups is 4. The summed E-state index contributed by atoms with van der Waals surface area (Å²) in [6.07, 6.45) is 6.20. The summed E-state index contributed by atoms with van der Waals surface area (Å²) in [6, 6.07) is 28.0. The molecule has 2 unspecified atom stereocenters. The fraction of sp³-hybridized carbons (Fsp3) is 0.176. The Kier molecular flexibility index (Phi) is 4.70. The van der Waals surface area contributed by atoms with E-state index in [1.165, 1.54) is 66.8 Å². The second-order valence-corrected chi connectivity index (χ2v) is 16.3. The van der Waals surface area contributed by atoms with E-state index < -0.39 is 0 Å². The van der Waals surface area contributed by atoms with Crippen LogP contribution in [0, 0.1) is 5.41 Å². The highest BCUT2D eigenvalue weighted by Gasteiger charge is 2.41. The molecule has 5 aromatic rings. The van der Waals surface area contributed by atoms with E-state index in [0.717, 1.165) is 0 Å². The van der Waals surface area contributed by atoms with Gasteiger partial charge in [0.15, 0.2) is 0 Å². The summed E-state index contributed by atoms with van der Waals surface area (Å²) in [6.45, 7) is 4.88. The van der Waals surface area contributed by atoms with Crippen molar-refractivity contribution in [3.63, 3.8) is 0 Å². The number of fused-ring (bicyclic) bond motifs is 6. The Balaban J connectivity index is 1.08. The predicted octanol–water partition coefficient (Wildman–Crippen LogP) is 11.5. The maximum Gasteiger partial charge on any atom is 0.0706 e. The van der Waals surface area contributed by atoms with Crippen LogP contribution in [0.3, 0.4) is 0 Å². The average molecular weight is 561 g/mol. The van der Waals surface area contributed by atoms with Gasteiger partial charge in [-0.2, -0.15) is 0 Å². The number of allylic oxidation sites excluding steroid dienone is 2. The van der Waals surface area contributed by atoms with Crippen molar-refractivity contribution in [2.45, 2.75) is 51.7 Å². The predicted molar refractivity (Wildman–Crippen MR) is 169 cm³/mol. The first-order valence-corrected chi connectivity index (χ1v) is 16.5. The lowest BCUT2D eigenvalue weighted by molar-refractivity contribution is 0.251. The van der Waals surface area contributed by atoms with Crippen LogP contribution in [0.1, 0.15) is 43.2 Å². The highest BCUT2D eigenvalue weighted by atomic mass is 32.2. The molecule has 10 rings (SSSR count). The number of hydrogen-bond donors (Lipinski definition) is 0. The van der Waals surface area contributed by atoms with Gasteiger partial charge in [0.1, 0.15) is 0 Å². The largest absolute Gasteiger partial charge is 0.0803 e. The molecule has 0 spiro atoms. The van der Waals surface area contributed by atoms with E-state index in [4.69, 9.17) is 0 Å². The van der Waals surface area contributed by atoms with E-state index >= 15 is 0 Å². The monoisotopic (exact) mass is 560 g/mol.